The number of aliphatic hydroxyl groups excluding tert-OH is 1. The van der Waals surface area contributed by atoms with E-state index in [0.29, 0.717) is 5.56 Å². The molecule has 0 atom stereocenters. The number of rotatable bonds is 2. The van der Waals surface area contributed by atoms with Gasteiger partial charge in [-0.25, -0.2) is 0 Å². The number of hydrogen-bond donors (Lipinski definition) is 1. The summed E-state index contributed by atoms with van der Waals surface area (Å²) < 4.78 is 5.23. The van der Waals surface area contributed by atoms with Crippen molar-refractivity contribution in [3.8, 4) is 0 Å². The fourth-order valence-corrected chi connectivity index (χ4v) is 1.16. The molecule has 0 aromatic heterocycles. The molecule has 1 rings (SSSR count). The Morgan fingerprint density at radius 2 is 1.81 bits per heavy atom. The molecule has 0 bridgehead atoms. The van der Waals surface area contributed by atoms with Gasteiger partial charge in [-0.1, -0.05) is 18.2 Å². The number of hydrogen-bond acceptors (Lipinski definition) is 3. The van der Waals surface area contributed by atoms with Crippen LogP contribution < -0.4 is 0 Å². The van der Waals surface area contributed by atoms with E-state index in [-0.39, 0.29) is 11.6 Å². The first kappa shape index (κ1) is 12.1. The van der Waals surface area contributed by atoms with Crippen LogP contribution in [0.25, 0.3) is 10.7 Å². The number of diazo groups is 1. The van der Waals surface area contributed by atoms with Crippen molar-refractivity contribution in [1.29, 1.82) is 5.39 Å². The third-order valence-corrected chi connectivity index (χ3v) is 1.75. The lowest BCUT2D eigenvalue weighted by atomic mass is 10.1. The van der Waals surface area contributed by atoms with Crippen LogP contribution in [0.3, 0.4) is 0 Å². The van der Waals surface area contributed by atoms with Crippen molar-refractivity contribution in [2.75, 3.05) is 0 Å². The summed E-state index contributed by atoms with van der Waals surface area (Å²) in [7, 11) is 0. The van der Waals surface area contributed by atoms with Crippen molar-refractivity contribution in [2.45, 2.75) is 26.4 Å². The molecule has 1 aromatic rings. The van der Waals surface area contributed by atoms with Crippen LogP contribution in [0.15, 0.2) is 36.3 Å². The first-order valence-corrected chi connectivity index (χ1v) is 4.97. The molecule has 0 fully saturated rings. The molecule has 0 radical (unpaired) electrons. The number of benzene rings is 1. The predicted octanol–water partition coefficient (Wildman–Crippen LogP) is 3.54. The van der Waals surface area contributed by atoms with Crippen LogP contribution >= 0.6 is 0 Å². The SMILES string of the molecule is CC(C)(C)O/C(O)=C(/[N+]#N)c1ccccc1. The Bertz CT molecular complexity index is 425. The van der Waals surface area contributed by atoms with Crippen LogP contribution in [0.1, 0.15) is 26.3 Å². The minimum Gasteiger partial charge on any atom is -0.475 e. The summed E-state index contributed by atoms with van der Waals surface area (Å²) in [5, 5.41) is 18.6. The summed E-state index contributed by atoms with van der Waals surface area (Å²) in [5.41, 5.74) is 0.0664. The van der Waals surface area contributed by atoms with Crippen LogP contribution in [-0.4, -0.2) is 10.7 Å². The summed E-state index contributed by atoms with van der Waals surface area (Å²) in [4.78, 5) is 3.05. The molecule has 0 unspecified atom stereocenters. The summed E-state index contributed by atoms with van der Waals surface area (Å²) in [6.45, 7) is 5.38. The molecule has 0 spiro atoms. The van der Waals surface area contributed by atoms with E-state index < -0.39 is 5.60 Å². The maximum atomic E-state index is 9.70. The Morgan fingerprint density at radius 1 is 1.25 bits per heavy atom. The molecule has 0 aliphatic carbocycles. The summed E-state index contributed by atoms with van der Waals surface area (Å²) >= 11 is 0. The summed E-state index contributed by atoms with van der Waals surface area (Å²) in [6, 6.07) is 8.84. The molecule has 16 heavy (non-hydrogen) atoms. The first-order chi connectivity index (χ1) is 7.44. The van der Waals surface area contributed by atoms with E-state index >= 15 is 0 Å². The van der Waals surface area contributed by atoms with E-state index in [1.54, 1.807) is 45.0 Å². The highest BCUT2D eigenvalue weighted by molar-refractivity contribution is 5.70. The van der Waals surface area contributed by atoms with Gasteiger partial charge in [0.05, 0.1) is 5.56 Å². The second kappa shape index (κ2) is 4.67. The monoisotopic (exact) mass is 219 g/mol. The highest BCUT2D eigenvalue weighted by Crippen LogP contribution is 2.22. The van der Waals surface area contributed by atoms with E-state index in [4.69, 9.17) is 10.1 Å². The van der Waals surface area contributed by atoms with E-state index in [9.17, 15) is 5.11 Å². The molecule has 0 heterocycles. The van der Waals surface area contributed by atoms with Gasteiger partial charge >= 0.3 is 11.6 Å². The molecule has 4 nitrogen and oxygen atoms in total. The van der Waals surface area contributed by atoms with Crippen LogP contribution in [0.5, 0.6) is 0 Å². The Balaban J connectivity index is 3.08. The molecule has 0 saturated carbocycles. The summed E-state index contributed by atoms with van der Waals surface area (Å²) in [5.74, 6) is -0.388. The van der Waals surface area contributed by atoms with Crippen molar-refractivity contribution in [3.05, 3.63) is 46.8 Å². The Kier molecular flexibility index (Phi) is 3.51. The molecule has 4 heteroatoms. The van der Waals surface area contributed by atoms with Crippen LogP contribution in [-0.2, 0) is 4.74 Å². The normalized spacial score (nSPS) is 12.6. The maximum absolute atomic E-state index is 9.70. The minimum atomic E-state index is -0.547. The predicted molar refractivity (Wildman–Crippen MR) is 61.9 cm³/mol. The molecule has 0 aliphatic rings. The van der Waals surface area contributed by atoms with Crippen molar-refractivity contribution in [1.82, 2.24) is 0 Å². The molecular formula is C12H15N2O2+. The minimum absolute atomic E-state index is 0.0236. The van der Waals surface area contributed by atoms with Gasteiger partial charge in [0.15, 0.2) is 4.98 Å². The van der Waals surface area contributed by atoms with Gasteiger partial charge in [-0.3, -0.25) is 0 Å². The van der Waals surface area contributed by atoms with Gasteiger partial charge in [0.1, 0.15) is 5.60 Å². The van der Waals surface area contributed by atoms with Crippen LogP contribution in [0.4, 0.5) is 0 Å². The largest absolute Gasteiger partial charge is 0.475 e. The molecular weight excluding hydrogens is 204 g/mol. The molecule has 84 valence electrons. The molecule has 0 amide bonds. The third kappa shape index (κ3) is 3.28. The van der Waals surface area contributed by atoms with Crippen molar-refractivity contribution >= 4 is 5.70 Å². The molecule has 1 N–H and O–H groups in total. The van der Waals surface area contributed by atoms with Gasteiger partial charge < -0.3 is 9.84 Å². The third-order valence-electron chi connectivity index (χ3n) is 1.75. The molecule has 0 saturated heterocycles. The Hall–Kier alpha value is -2.02. The first-order valence-electron chi connectivity index (χ1n) is 4.97. The molecule has 1 aromatic carbocycles. The van der Waals surface area contributed by atoms with Crippen molar-refractivity contribution in [2.24, 2.45) is 0 Å². The van der Waals surface area contributed by atoms with Crippen molar-refractivity contribution < 1.29 is 9.84 Å². The smallest absolute Gasteiger partial charge is 0.471 e. The highest BCUT2D eigenvalue weighted by Gasteiger charge is 2.26. The quantitative estimate of drug-likeness (QED) is 0.611. The van der Waals surface area contributed by atoms with Gasteiger partial charge in [-0.2, -0.15) is 0 Å². The van der Waals surface area contributed by atoms with E-state index in [1.807, 2.05) is 6.07 Å². The average Bonchev–Trinajstić information content (AvgIpc) is 2.17. The Labute approximate surface area is 94.8 Å². The lowest BCUT2D eigenvalue weighted by Crippen LogP contribution is -2.19. The maximum Gasteiger partial charge on any atom is 0.471 e. The zero-order chi connectivity index (χ0) is 12.2. The second-order valence-electron chi connectivity index (χ2n) is 4.33. The number of nitrogens with zero attached hydrogens (tertiary/aromatic N) is 2. The van der Waals surface area contributed by atoms with E-state index in [1.165, 1.54) is 0 Å². The van der Waals surface area contributed by atoms with Crippen LogP contribution in [0.2, 0.25) is 0 Å². The fourth-order valence-electron chi connectivity index (χ4n) is 1.16. The van der Waals surface area contributed by atoms with Gasteiger partial charge in [0, 0.05) is 0 Å². The fraction of sp³-hybridized carbons (Fsp3) is 0.333. The number of aliphatic hydroxyl groups is 1. The van der Waals surface area contributed by atoms with E-state index in [2.05, 4.69) is 4.98 Å². The van der Waals surface area contributed by atoms with Gasteiger partial charge in [0.25, 0.3) is 0 Å². The summed E-state index contributed by atoms with van der Waals surface area (Å²) in [6.07, 6.45) is 0. The lowest BCUT2D eigenvalue weighted by Gasteiger charge is -2.18. The van der Waals surface area contributed by atoms with Gasteiger partial charge in [-0.05, 0) is 32.9 Å². The van der Waals surface area contributed by atoms with E-state index in [0.717, 1.165) is 0 Å². The lowest BCUT2D eigenvalue weighted by molar-refractivity contribution is -0.0124. The topological polar surface area (TPSA) is 57.6 Å². The number of ether oxygens (including phenoxy) is 1. The van der Waals surface area contributed by atoms with Crippen molar-refractivity contribution in [3.63, 3.8) is 0 Å². The van der Waals surface area contributed by atoms with Gasteiger partial charge in [0.2, 0.25) is 5.39 Å². The highest BCUT2D eigenvalue weighted by atomic mass is 16.6. The Morgan fingerprint density at radius 3 is 2.25 bits per heavy atom. The standard InChI is InChI=1S/C12H14N2O2/c1-12(2,3)16-11(15)10(14-13)9-7-5-4-6-8-9/h4-8H,1-3H3/p+1/b11-10+. The zero-order valence-electron chi connectivity index (χ0n) is 9.64. The average molecular weight is 219 g/mol. The zero-order valence-corrected chi connectivity index (χ0v) is 9.64. The van der Waals surface area contributed by atoms with Gasteiger partial charge in [-0.15, -0.1) is 0 Å². The molecule has 0 aliphatic heterocycles. The second-order valence-corrected chi connectivity index (χ2v) is 4.33. The van der Waals surface area contributed by atoms with Crippen LogP contribution in [0, 0.1) is 5.39 Å².